The topological polar surface area (TPSA) is 66.6 Å². The van der Waals surface area contributed by atoms with Gasteiger partial charge in [-0.1, -0.05) is 26.7 Å². The molecule has 1 aliphatic rings. The highest BCUT2D eigenvalue weighted by atomic mass is 16.3. The number of carbonyl (C=O) groups is 1. The minimum Gasteiger partial charge on any atom is -0.386 e. The molecule has 1 aliphatic heterocycles. The predicted molar refractivity (Wildman–Crippen MR) is 68.5 cm³/mol. The Balaban J connectivity index is 2.11. The number of carbonyl (C=O) groups excluding carboxylic acids is 1. The van der Waals surface area contributed by atoms with E-state index >= 15 is 0 Å². The van der Waals surface area contributed by atoms with Gasteiger partial charge in [-0.05, 0) is 25.3 Å². The molecule has 0 aromatic heterocycles. The lowest BCUT2D eigenvalue weighted by Crippen LogP contribution is -2.65. The summed E-state index contributed by atoms with van der Waals surface area (Å²) in [5.41, 5.74) is 4.76. The highest BCUT2D eigenvalue weighted by molar-refractivity contribution is 5.77. The van der Waals surface area contributed by atoms with Crippen molar-refractivity contribution in [1.29, 1.82) is 0 Å². The first-order valence-corrected chi connectivity index (χ1v) is 6.70. The Morgan fingerprint density at radius 3 is 2.41 bits per heavy atom. The zero-order chi connectivity index (χ0) is 12.9. The molecule has 0 radical (unpaired) electrons. The lowest BCUT2D eigenvalue weighted by atomic mass is 9.83. The number of rotatable bonds is 7. The Labute approximate surface area is 104 Å². The molecule has 4 heteroatoms. The Morgan fingerprint density at radius 2 is 1.88 bits per heavy atom. The Hall–Kier alpha value is -0.610. The Bertz CT molecular complexity index is 248. The molecule has 17 heavy (non-hydrogen) atoms. The van der Waals surface area contributed by atoms with Gasteiger partial charge >= 0.3 is 0 Å². The second-order valence-electron chi connectivity index (χ2n) is 5.46. The summed E-state index contributed by atoms with van der Waals surface area (Å²) in [5, 5.41) is 10.0. The molecule has 0 bridgehead atoms. The first kappa shape index (κ1) is 14.5. The van der Waals surface area contributed by atoms with Crippen LogP contribution in [0.4, 0.5) is 0 Å². The molecule has 100 valence electrons. The normalized spacial score (nSPS) is 18.3. The fourth-order valence-corrected chi connectivity index (χ4v) is 2.09. The van der Waals surface area contributed by atoms with E-state index in [1.807, 2.05) is 13.8 Å². The van der Waals surface area contributed by atoms with E-state index in [-0.39, 0.29) is 11.8 Å². The minimum absolute atomic E-state index is 0.183. The van der Waals surface area contributed by atoms with E-state index in [1.54, 1.807) is 4.90 Å². The number of hydrogen-bond acceptors (Lipinski definition) is 3. The van der Waals surface area contributed by atoms with Gasteiger partial charge in [0.05, 0.1) is 13.1 Å². The van der Waals surface area contributed by atoms with Crippen LogP contribution in [0, 0.1) is 5.92 Å². The fourth-order valence-electron chi connectivity index (χ4n) is 2.09. The van der Waals surface area contributed by atoms with Crippen molar-refractivity contribution in [2.45, 2.75) is 51.6 Å². The number of nitrogens with two attached hydrogens (primary N) is 1. The van der Waals surface area contributed by atoms with E-state index in [2.05, 4.69) is 0 Å². The minimum atomic E-state index is -0.644. The lowest BCUT2D eigenvalue weighted by molar-refractivity contribution is -0.163. The van der Waals surface area contributed by atoms with Crippen LogP contribution in [0.25, 0.3) is 0 Å². The third kappa shape index (κ3) is 3.96. The molecule has 0 spiro atoms. The molecule has 0 atom stereocenters. The summed E-state index contributed by atoms with van der Waals surface area (Å²) in [5.74, 6) is 0.402. The van der Waals surface area contributed by atoms with Gasteiger partial charge in [0.15, 0.2) is 0 Å². The van der Waals surface area contributed by atoms with Crippen LogP contribution in [0.15, 0.2) is 0 Å². The third-order valence-corrected chi connectivity index (χ3v) is 3.70. The summed E-state index contributed by atoms with van der Waals surface area (Å²) >= 11 is 0. The quantitative estimate of drug-likeness (QED) is 0.658. The van der Waals surface area contributed by atoms with Crippen LogP contribution < -0.4 is 5.73 Å². The van der Waals surface area contributed by atoms with Crippen molar-refractivity contribution in [3.8, 4) is 0 Å². The molecular formula is C13H26N2O2. The monoisotopic (exact) mass is 242 g/mol. The van der Waals surface area contributed by atoms with Gasteiger partial charge in [0.2, 0.25) is 5.91 Å². The van der Waals surface area contributed by atoms with Crippen molar-refractivity contribution in [2.75, 3.05) is 19.6 Å². The molecule has 0 unspecified atom stereocenters. The van der Waals surface area contributed by atoms with Crippen molar-refractivity contribution in [2.24, 2.45) is 11.7 Å². The summed E-state index contributed by atoms with van der Waals surface area (Å²) in [4.78, 5) is 13.5. The van der Waals surface area contributed by atoms with Crippen LogP contribution in [0.3, 0.4) is 0 Å². The van der Waals surface area contributed by atoms with Gasteiger partial charge in [-0.15, -0.1) is 0 Å². The first-order chi connectivity index (χ1) is 7.99. The number of nitrogens with zero attached hydrogens (tertiary/aromatic N) is 1. The number of unbranched alkanes of at least 4 members (excludes halogenated alkanes) is 3. The van der Waals surface area contributed by atoms with Crippen LogP contribution in [-0.4, -0.2) is 41.1 Å². The van der Waals surface area contributed by atoms with E-state index in [1.165, 1.54) is 0 Å². The van der Waals surface area contributed by atoms with Crippen molar-refractivity contribution < 1.29 is 9.90 Å². The summed E-state index contributed by atoms with van der Waals surface area (Å²) in [7, 11) is 0. The van der Waals surface area contributed by atoms with Gasteiger partial charge in [-0.25, -0.2) is 0 Å². The van der Waals surface area contributed by atoms with E-state index < -0.39 is 5.60 Å². The molecule has 0 aromatic rings. The smallest absolute Gasteiger partial charge is 0.222 e. The van der Waals surface area contributed by atoms with E-state index in [0.717, 1.165) is 32.2 Å². The molecule has 1 rings (SSSR count). The fraction of sp³-hybridized carbons (Fsp3) is 0.923. The molecular weight excluding hydrogens is 216 g/mol. The maximum atomic E-state index is 11.8. The number of amides is 1. The Kier molecular flexibility index (Phi) is 5.40. The SMILES string of the molecule is CC(C)C1(O)CN(C(=O)CCCCCCN)C1. The van der Waals surface area contributed by atoms with E-state index in [0.29, 0.717) is 19.5 Å². The summed E-state index contributed by atoms with van der Waals surface area (Å²) in [6.07, 6.45) is 4.78. The number of likely N-dealkylation sites (tertiary alicyclic amines) is 1. The first-order valence-electron chi connectivity index (χ1n) is 6.70. The average Bonchev–Trinajstić information content (AvgIpc) is 2.23. The van der Waals surface area contributed by atoms with Gasteiger partial charge in [0.25, 0.3) is 0 Å². The number of hydrogen-bond donors (Lipinski definition) is 2. The Morgan fingerprint density at radius 1 is 1.29 bits per heavy atom. The summed E-state index contributed by atoms with van der Waals surface area (Å²) in [6, 6.07) is 0. The van der Waals surface area contributed by atoms with Crippen molar-refractivity contribution in [3.05, 3.63) is 0 Å². The van der Waals surface area contributed by atoms with Crippen molar-refractivity contribution in [3.63, 3.8) is 0 Å². The zero-order valence-electron chi connectivity index (χ0n) is 11.1. The molecule has 1 amide bonds. The van der Waals surface area contributed by atoms with Gasteiger partial charge in [-0.3, -0.25) is 4.79 Å². The second kappa shape index (κ2) is 6.36. The van der Waals surface area contributed by atoms with Crippen LogP contribution in [-0.2, 0) is 4.79 Å². The maximum Gasteiger partial charge on any atom is 0.222 e. The van der Waals surface area contributed by atoms with Gasteiger partial charge in [0.1, 0.15) is 5.60 Å². The summed E-state index contributed by atoms with van der Waals surface area (Å²) in [6.45, 7) is 5.74. The third-order valence-electron chi connectivity index (χ3n) is 3.70. The van der Waals surface area contributed by atoms with Gasteiger partial charge < -0.3 is 15.7 Å². The number of β-amino-alcohol motifs (C(OH)–C–C–N with tert-alkyl or cyclic N) is 1. The van der Waals surface area contributed by atoms with Crippen LogP contribution in [0.5, 0.6) is 0 Å². The van der Waals surface area contributed by atoms with Crippen LogP contribution in [0.2, 0.25) is 0 Å². The number of aliphatic hydroxyl groups is 1. The standard InChI is InChI=1S/C13H26N2O2/c1-11(2)13(17)9-15(10-13)12(16)7-5-3-4-6-8-14/h11,17H,3-10,14H2,1-2H3. The summed E-state index contributed by atoms with van der Waals surface area (Å²) < 4.78 is 0. The molecule has 0 aliphatic carbocycles. The highest BCUT2D eigenvalue weighted by Crippen LogP contribution is 2.29. The molecule has 0 saturated carbocycles. The zero-order valence-corrected chi connectivity index (χ0v) is 11.1. The molecule has 4 nitrogen and oxygen atoms in total. The molecule has 1 fully saturated rings. The lowest BCUT2D eigenvalue weighted by Gasteiger charge is -2.49. The average molecular weight is 242 g/mol. The van der Waals surface area contributed by atoms with E-state index in [4.69, 9.17) is 5.73 Å². The molecule has 0 aromatic carbocycles. The molecule has 3 N–H and O–H groups in total. The largest absolute Gasteiger partial charge is 0.386 e. The predicted octanol–water partition coefficient (Wildman–Crippen LogP) is 1.12. The molecule has 1 saturated heterocycles. The second-order valence-corrected chi connectivity index (χ2v) is 5.46. The maximum absolute atomic E-state index is 11.8. The highest BCUT2D eigenvalue weighted by Gasteiger charge is 2.45. The van der Waals surface area contributed by atoms with Gasteiger partial charge in [0, 0.05) is 6.42 Å². The van der Waals surface area contributed by atoms with Crippen molar-refractivity contribution >= 4 is 5.91 Å². The van der Waals surface area contributed by atoms with Crippen molar-refractivity contribution in [1.82, 2.24) is 4.90 Å². The van der Waals surface area contributed by atoms with Gasteiger partial charge in [-0.2, -0.15) is 0 Å². The van der Waals surface area contributed by atoms with Crippen LogP contribution >= 0.6 is 0 Å². The molecule has 1 heterocycles. The van der Waals surface area contributed by atoms with E-state index in [9.17, 15) is 9.90 Å². The van der Waals surface area contributed by atoms with Crippen LogP contribution in [0.1, 0.15) is 46.0 Å².